The van der Waals surface area contributed by atoms with Gasteiger partial charge in [-0.2, -0.15) is 46.5 Å². The van der Waals surface area contributed by atoms with Crippen LogP contribution in [0.5, 0.6) is 0 Å². The van der Waals surface area contributed by atoms with Gasteiger partial charge in [0.05, 0.1) is 0 Å². The van der Waals surface area contributed by atoms with Crippen LogP contribution in [0.4, 0.5) is 0 Å². The quantitative estimate of drug-likeness (QED) is 0.277. The summed E-state index contributed by atoms with van der Waals surface area (Å²) in [6.07, 6.45) is 1.03. The first-order chi connectivity index (χ1) is 14.6. The third kappa shape index (κ3) is 8.12. The van der Waals surface area contributed by atoms with Crippen molar-refractivity contribution < 1.29 is 51.0 Å². The smallest absolute Gasteiger partial charge is 1.00 e. The first-order valence-corrected chi connectivity index (χ1v) is 12.0. The molecule has 0 amide bonds. The maximum Gasteiger partial charge on any atom is 4.00 e. The molecule has 0 aliphatic heterocycles. The van der Waals surface area contributed by atoms with Gasteiger partial charge < -0.3 is 24.8 Å². The second kappa shape index (κ2) is 12.2. The number of aryl methyl sites for hydroxylation is 2. The molecule has 0 unspecified atom stereocenters. The number of benzene rings is 2. The van der Waals surface area contributed by atoms with Crippen molar-refractivity contribution in [3.63, 3.8) is 0 Å². The molecule has 0 N–H and O–H groups in total. The van der Waals surface area contributed by atoms with Crippen LogP contribution in [-0.4, -0.2) is 0 Å². The van der Waals surface area contributed by atoms with Crippen molar-refractivity contribution in [3.05, 3.63) is 87.5 Å². The van der Waals surface area contributed by atoms with Gasteiger partial charge in [0, 0.05) is 0 Å². The van der Waals surface area contributed by atoms with Crippen molar-refractivity contribution in [1.82, 2.24) is 0 Å². The summed E-state index contributed by atoms with van der Waals surface area (Å²) in [4.78, 5) is 0. The van der Waals surface area contributed by atoms with Crippen LogP contribution in [0.3, 0.4) is 0 Å². The van der Waals surface area contributed by atoms with E-state index in [1.807, 2.05) is 0 Å². The van der Waals surface area contributed by atoms with E-state index in [-0.39, 0.29) is 61.8 Å². The van der Waals surface area contributed by atoms with Gasteiger partial charge in [-0.1, -0.05) is 105 Å². The monoisotopic (exact) mass is 586 g/mol. The Morgan fingerprint density at radius 2 is 1.29 bits per heavy atom. The zero-order valence-corrected chi connectivity index (χ0v) is 27.5. The molecule has 0 aromatic heterocycles. The van der Waals surface area contributed by atoms with Crippen LogP contribution in [-0.2, 0) is 48.9 Å². The molecule has 0 heterocycles. The van der Waals surface area contributed by atoms with Crippen LogP contribution in [0.2, 0.25) is 0 Å². The fourth-order valence-electron chi connectivity index (χ4n) is 4.64. The standard InChI is InChI=1S/C21H25.C11H17.2ClH.Zr/c1-20(2,3)16-7-9-18-14(12-16)11-15-13-17(21(4,5)6)8-10-19(15)18;1-8-6-9(2)10(7-8)11(3,4)5;;;/h7-10,12H,11H2,1-6H3;6-7H,1-5H3;2*1H;/q2*-1;;;+4/p-2. The number of fused-ring (bicyclic) bond motifs is 3. The van der Waals surface area contributed by atoms with Gasteiger partial charge in [0.2, 0.25) is 0 Å². The Bertz CT molecular complexity index is 1050. The van der Waals surface area contributed by atoms with Crippen LogP contribution >= 0.6 is 0 Å². The van der Waals surface area contributed by atoms with Crippen LogP contribution in [0.25, 0.3) is 11.1 Å². The van der Waals surface area contributed by atoms with E-state index in [4.69, 9.17) is 0 Å². The van der Waals surface area contributed by atoms with E-state index in [0.717, 1.165) is 6.42 Å². The second-order valence-corrected chi connectivity index (χ2v) is 12.7. The summed E-state index contributed by atoms with van der Waals surface area (Å²) in [7, 11) is 0. The first-order valence-electron chi connectivity index (χ1n) is 12.0. The predicted octanol–water partition coefficient (Wildman–Crippen LogP) is 2.98. The topological polar surface area (TPSA) is 0 Å². The molecule has 0 saturated carbocycles. The summed E-state index contributed by atoms with van der Waals surface area (Å²) in [5.41, 5.74) is 13.3. The van der Waals surface area contributed by atoms with Crippen molar-refractivity contribution in [2.24, 2.45) is 0 Å². The fraction of sp³-hybridized carbons (Fsp3) is 0.469. The Labute approximate surface area is 247 Å². The summed E-state index contributed by atoms with van der Waals surface area (Å²) in [6, 6.07) is 19.7. The van der Waals surface area contributed by atoms with Crippen molar-refractivity contribution >= 4 is 0 Å². The molecule has 3 aromatic rings. The summed E-state index contributed by atoms with van der Waals surface area (Å²) in [5, 5.41) is 0. The van der Waals surface area contributed by atoms with Gasteiger partial charge in [-0.15, -0.1) is 11.1 Å². The van der Waals surface area contributed by atoms with E-state index >= 15 is 0 Å². The maximum absolute atomic E-state index is 3.67. The normalized spacial score (nSPS) is 12.2. The van der Waals surface area contributed by atoms with Crippen LogP contribution in [0.1, 0.15) is 101 Å². The Morgan fingerprint density at radius 3 is 1.71 bits per heavy atom. The molecule has 1 aliphatic carbocycles. The van der Waals surface area contributed by atoms with Crippen LogP contribution in [0.15, 0.2) is 42.5 Å². The number of halogens is 2. The molecule has 0 saturated heterocycles. The average Bonchev–Trinajstić information content (AvgIpc) is 3.18. The molecular weight excluding hydrogens is 546 g/mol. The number of hydrogen-bond acceptors (Lipinski definition) is 0. The molecule has 0 bridgehead atoms. The summed E-state index contributed by atoms with van der Waals surface area (Å²) < 4.78 is 0. The maximum atomic E-state index is 3.67. The molecule has 0 nitrogen and oxygen atoms in total. The molecule has 4 rings (SSSR count). The minimum absolute atomic E-state index is 0. The van der Waals surface area contributed by atoms with E-state index in [1.165, 1.54) is 50.1 Å². The molecule has 1 aliphatic rings. The van der Waals surface area contributed by atoms with Gasteiger partial charge in [-0.25, -0.2) is 6.07 Å². The predicted molar refractivity (Wildman–Crippen MR) is 141 cm³/mol. The zero-order valence-electron chi connectivity index (χ0n) is 23.5. The molecule has 3 aromatic carbocycles. The van der Waals surface area contributed by atoms with Gasteiger partial charge in [0.25, 0.3) is 0 Å². The molecule has 0 spiro atoms. The van der Waals surface area contributed by atoms with Crippen molar-refractivity contribution in [3.8, 4) is 11.1 Å². The van der Waals surface area contributed by atoms with Gasteiger partial charge in [-0.3, -0.25) is 0 Å². The first kappa shape index (κ1) is 34.3. The summed E-state index contributed by atoms with van der Waals surface area (Å²) in [6.45, 7) is 24.7. The summed E-state index contributed by atoms with van der Waals surface area (Å²) in [5.74, 6) is 0. The number of hydrogen-bond donors (Lipinski definition) is 0. The number of rotatable bonds is 0. The third-order valence-electron chi connectivity index (χ3n) is 6.51. The largest absolute Gasteiger partial charge is 4.00 e. The van der Waals surface area contributed by atoms with E-state index in [9.17, 15) is 0 Å². The van der Waals surface area contributed by atoms with Crippen LogP contribution in [0, 0.1) is 19.9 Å². The van der Waals surface area contributed by atoms with Crippen molar-refractivity contribution in [1.29, 1.82) is 0 Å². The summed E-state index contributed by atoms with van der Waals surface area (Å²) >= 11 is 0. The molecule has 3 heteroatoms. The van der Waals surface area contributed by atoms with Crippen molar-refractivity contribution in [2.45, 2.75) is 98.8 Å². The molecular formula is C32H42Cl2Zr. The Balaban J connectivity index is 0.000000714. The molecule has 0 atom stereocenters. The molecule has 0 radical (unpaired) electrons. The van der Waals surface area contributed by atoms with Gasteiger partial charge >= 0.3 is 26.2 Å². The Kier molecular flexibility index (Phi) is 11.9. The Hall–Kier alpha value is -0.747. The molecule has 0 fully saturated rings. The van der Waals surface area contributed by atoms with E-state index < -0.39 is 0 Å². The minimum Gasteiger partial charge on any atom is -1.00 e. The molecule has 35 heavy (non-hydrogen) atoms. The Morgan fingerprint density at radius 1 is 0.714 bits per heavy atom. The van der Waals surface area contributed by atoms with E-state index in [0.29, 0.717) is 5.41 Å². The average molecular weight is 589 g/mol. The van der Waals surface area contributed by atoms with E-state index in [2.05, 4.69) is 125 Å². The second-order valence-electron chi connectivity index (χ2n) is 12.7. The fourth-order valence-corrected chi connectivity index (χ4v) is 4.64. The minimum atomic E-state index is 0. The van der Waals surface area contributed by atoms with Crippen molar-refractivity contribution in [2.75, 3.05) is 0 Å². The van der Waals surface area contributed by atoms with Crippen LogP contribution < -0.4 is 24.8 Å². The third-order valence-corrected chi connectivity index (χ3v) is 6.51. The zero-order chi connectivity index (χ0) is 24.1. The van der Waals surface area contributed by atoms with E-state index in [1.54, 1.807) is 0 Å². The molecule has 188 valence electrons. The SMILES string of the molecule is CC(C)(C)c1[c-]c2c(cc1)-c1ccc(C(C)(C)C)cc1C2.Cc1cc(C(C)(C)C)c(C)[cH-]1.[Cl-].[Cl-].[Zr+4]. The van der Waals surface area contributed by atoms with Gasteiger partial charge in [0.15, 0.2) is 0 Å². The van der Waals surface area contributed by atoms with Gasteiger partial charge in [0.1, 0.15) is 0 Å². The van der Waals surface area contributed by atoms with Gasteiger partial charge in [-0.05, 0) is 28.4 Å².